The summed E-state index contributed by atoms with van der Waals surface area (Å²) in [6.45, 7) is 3.98. The molecule has 0 radical (unpaired) electrons. The van der Waals surface area contributed by atoms with Crippen LogP contribution in [0.4, 0.5) is 0 Å². The highest BCUT2D eigenvalue weighted by atomic mass is 32.2. The zero-order chi connectivity index (χ0) is 14.8. The van der Waals surface area contributed by atoms with E-state index < -0.39 is 21.6 Å². The van der Waals surface area contributed by atoms with E-state index in [1.54, 1.807) is 0 Å². The van der Waals surface area contributed by atoms with Crippen LogP contribution in [0, 0.1) is 5.41 Å². The highest BCUT2D eigenvalue weighted by Crippen LogP contribution is 2.36. The molecule has 2 saturated heterocycles. The maximum Gasteiger partial charge on any atom is 0.309 e. The average molecular weight is 306 g/mol. The number of carbonyl (C=O) groups is 1. The molecule has 0 unspecified atom stereocenters. The van der Waals surface area contributed by atoms with Gasteiger partial charge in [-0.3, -0.25) is 4.79 Å². The fourth-order valence-corrected chi connectivity index (χ4v) is 4.39. The number of ether oxygens (including phenoxy) is 1. The number of piperidine rings is 1. The Hall–Kier alpha value is -0.700. The molecule has 116 valence electrons. The van der Waals surface area contributed by atoms with Crippen molar-refractivity contribution >= 4 is 16.2 Å². The summed E-state index contributed by atoms with van der Waals surface area (Å²) in [7, 11) is -3.48. The van der Waals surface area contributed by atoms with E-state index in [1.165, 1.54) is 8.61 Å². The molecule has 0 saturated carbocycles. The second kappa shape index (κ2) is 5.97. The van der Waals surface area contributed by atoms with Crippen molar-refractivity contribution in [1.29, 1.82) is 0 Å². The highest BCUT2D eigenvalue weighted by Gasteiger charge is 2.43. The van der Waals surface area contributed by atoms with Crippen molar-refractivity contribution in [2.24, 2.45) is 5.41 Å². The molecule has 2 rings (SSSR count). The van der Waals surface area contributed by atoms with Gasteiger partial charge in [-0.1, -0.05) is 6.92 Å². The van der Waals surface area contributed by atoms with Crippen molar-refractivity contribution < 1.29 is 23.1 Å². The Kier molecular flexibility index (Phi) is 4.68. The lowest BCUT2D eigenvalue weighted by Crippen LogP contribution is -2.53. The summed E-state index contributed by atoms with van der Waals surface area (Å²) in [5.41, 5.74) is -0.767. The first kappa shape index (κ1) is 15.7. The van der Waals surface area contributed by atoms with Crippen LogP contribution < -0.4 is 0 Å². The van der Waals surface area contributed by atoms with E-state index >= 15 is 0 Å². The molecule has 0 aromatic heterocycles. The zero-order valence-corrected chi connectivity index (χ0v) is 12.6. The van der Waals surface area contributed by atoms with Crippen molar-refractivity contribution in [2.75, 3.05) is 39.4 Å². The van der Waals surface area contributed by atoms with Gasteiger partial charge in [0.1, 0.15) is 0 Å². The molecule has 8 heteroatoms. The average Bonchev–Trinajstić information content (AvgIpc) is 2.48. The summed E-state index contributed by atoms with van der Waals surface area (Å²) in [5, 5.41) is 9.33. The van der Waals surface area contributed by atoms with Gasteiger partial charge in [-0.25, -0.2) is 0 Å². The highest BCUT2D eigenvalue weighted by molar-refractivity contribution is 7.86. The smallest absolute Gasteiger partial charge is 0.309 e. The second-order valence-electron chi connectivity index (χ2n) is 5.36. The maximum atomic E-state index is 12.5. The van der Waals surface area contributed by atoms with E-state index in [-0.39, 0.29) is 13.1 Å². The molecule has 0 amide bonds. The second-order valence-corrected chi connectivity index (χ2v) is 7.29. The van der Waals surface area contributed by atoms with Crippen molar-refractivity contribution in [1.82, 2.24) is 8.61 Å². The third-order valence-corrected chi connectivity index (χ3v) is 6.47. The van der Waals surface area contributed by atoms with Gasteiger partial charge in [0.25, 0.3) is 10.2 Å². The number of hydrogen-bond donors (Lipinski definition) is 1. The van der Waals surface area contributed by atoms with E-state index in [0.29, 0.717) is 45.6 Å². The Morgan fingerprint density at radius 1 is 1.15 bits per heavy atom. The first-order valence-electron chi connectivity index (χ1n) is 6.99. The number of aliphatic carboxylic acids is 1. The Labute approximate surface area is 119 Å². The summed E-state index contributed by atoms with van der Waals surface area (Å²) in [4.78, 5) is 11.4. The van der Waals surface area contributed by atoms with Gasteiger partial charge in [-0.15, -0.1) is 0 Å². The Balaban J connectivity index is 2.04. The first-order chi connectivity index (χ1) is 9.42. The third kappa shape index (κ3) is 2.83. The van der Waals surface area contributed by atoms with Gasteiger partial charge in [-0.05, 0) is 19.3 Å². The van der Waals surface area contributed by atoms with Crippen LogP contribution in [0.3, 0.4) is 0 Å². The number of carboxylic acid groups (broad SMARTS) is 1. The monoisotopic (exact) mass is 306 g/mol. The molecule has 0 atom stereocenters. The third-order valence-electron chi connectivity index (χ3n) is 4.43. The van der Waals surface area contributed by atoms with E-state index in [0.717, 1.165) is 0 Å². The van der Waals surface area contributed by atoms with Crippen LogP contribution in [-0.4, -0.2) is 67.5 Å². The lowest BCUT2D eigenvalue weighted by atomic mass is 9.77. The standard InChI is InChI=1S/C12H22N2O5S/c1-2-12(11(15)16)3-5-13(6-4-12)20(17,18)14-7-9-19-10-8-14/h2-10H2,1H3,(H,15,16). The minimum absolute atomic E-state index is 0.278. The van der Waals surface area contributed by atoms with Crippen LogP contribution in [-0.2, 0) is 19.7 Å². The van der Waals surface area contributed by atoms with Gasteiger partial charge < -0.3 is 9.84 Å². The lowest BCUT2D eigenvalue weighted by Gasteiger charge is -2.40. The summed E-state index contributed by atoms with van der Waals surface area (Å²) in [5.74, 6) is -0.816. The van der Waals surface area contributed by atoms with Crippen molar-refractivity contribution in [3.63, 3.8) is 0 Å². The van der Waals surface area contributed by atoms with Crippen molar-refractivity contribution in [2.45, 2.75) is 26.2 Å². The van der Waals surface area contributed by atoms with Gasteiger partial charge in [0, 0.05) is 26.2 Å². The number of rotatable bonds is 4. The van der Waals surface area contributed by atoms with E-state index in [9.17, 15) is 18.3 Å². The molecule has 7 nitrogen and oxygen atoms in total. The fourth-order valence-electron chi connectivity index (χ4n) is 2.80. The van der Waals surface area contributed by atoms with Crippen LogP contribution in [0.25, 0.3) is 0 Å². The van der Waals surface area contributed by atoms with Gasteiger partial charge >= 0.3 is 5.97 Å². The Bertz CT molecular complexity index is 450. The topological polar surface area (TPSA) is 87.2 Å². The minimum Gasteiger partial charge on any atom is -0.481 e. The summed E-state index contributed by atoms with van der Waals surface area (Å²) in [6.07, 6.45) is 1.29. The van der Waals surface area contributed by atoms with Gasteiger partial charge in [0.2, 0.25) is 0 Å². The minimum atomic E-state index is -3.48. The molecular formula is C12H22N2O5S. The normalized spacial score (nSPS) is 25.4. The molecule has 20 heavy (non-hydrogen) atoms. The van der Waals surface area contributed by atoms with E-state index in [4.69, 9.17) is 4.74 Å². The molecule has 2 aliphatic heterocycles. The van der Waals surface area contributed by atoms with E-state index in [2.05, 4.69) is 0 Å². The quantitative estimate of drug-likeness (QED) is 0.798. The largest absolute Gasteiger partial charge is 0.481 e. The van der Waals surface area contributed by atoms with Crippen LogP contribution in [0.1, 0.15) is 26.2 Å². The number of morpholine rings is 1. The SMILES string of the molecule is CCC1(C(=O)O)CCN(S(=O)(=O)N2CCOCC2)CC1. The number of nitrogens with zero attached hydrogens (tertiary/aromatic N) is 2. The predicted octanol–water partition coefficient (Wildman–Crippen LogP) is 0.140. The van der Waals surface area contributed by atoms with E-state index in [1.807, 2.05) is 6.92 Å². The van der Waals surface area contributed by atoms with Gasteiger partial charge in [-0.2, -0.15) is 17.0 Å². The molecule has 2 heterocycles. The van der Waals surface area contributed by atoms with Crippen LogP contribution in [0.15, 0.2) is 0 Å². The molecule has 0 aliphatic carbocycles. The molecular weight excluding hydrogens is 284 g/mol. The maximum absolute atomic E-state index is 12.5. The summed E-state index contributed by atoms with van der Waals surface area (Å²) >= 11 is 0. The summed E-state index contributed by atoms with van der Waals surface area (Å²) < 4.78 is 32.9. The Morgan fingerprint density at radius 2 is 1.65 bits per heavy atom. The molecule has 0 bridgehead atoms. The lowest BCUT2D eigenvalue weighted by molar-refractivity contribution is -0.151. The van der Waals surface area contributed by atoms with Crippen LogP contribution in [0.2, 0.25) is 0 Å². The molecule has 0 aromatic rings. The molecule has 1 N–H and O–H groups in total. The number of carboxylic acids is 1. The van der Waals surface area contributed by atoms with Crippen molar-refractivity contribution in [3.05, 3.63) is 0 Å². The van der Waals surface area contributed by atoms with Crippen molar-refractivity contribution in [3.8, 4) is 0 Å². The molecule has 0 spiro atoms. The van der Waals surface area contributed by atoms with Gasteiger partial charge in [0.15, 0.2) is 0 Å². The predicted molar refractivity (Wildman–Crippen MR) is 72.5 cm³/mol. The summed E-state index contributed by atoms with van der Waals surface area (Å²) in [6, 6.07) is 0. The fraction of sp³-hybridized carbons (Fsp3) is 0.917. The zero-order valence-electron chi connectivity index (χ0n) is 11.7. The molecule has 2 fully saturated rings. The Morgan fingerprint density at radius 3 is 2.10 bits per heavy atom. The molecule has 2 aliphatic rings. The van der Waals surface area contributed by atoms with Gasteiger partial charge in [0.05, 0.1) is 18.6 Å². The van der Waals surface area contributed by atoms with Crippen LogP contribution >= 0.6 is 0 Å². The number of hydrogen-bond acceptors (Lipinski definition) is 4. The first-order valence-corrected chi connectivity index (χ1v) is 8.38. The molecule has 0 aromatic carbocycles. The van der Waals surface area contributed by atoms with Crippen LogP contribution in [0.5, 0.6) is 0 Å².